The van der Waals surface area contributed by atoms with E-state index in [1.165, 1.54) is 12.2 Å². The fourth-order valence-electron chi connectivity index (χ4n) is 4.33. The van der Waals surface area contributed by atoms with E-state index >= 15 is 0 Å². The maximum Gasteiger partial charge on any atom is 0.346 e. The zero-order valence-electron chi connectivity index (χ0n) is 20.1. The first kappa shape index (κ1) is 22.9. The molecule has 6 rings (SSSR count). The lowest BCUT2D eigenvalue weighted by Crippen LogP contribution is -2.33. The van der Waals surface area contributed by atoms with Crippen molar-refractivity contribution in [2.24, 2.45) is 5.92 Å². The maximum atomic E-state index is 13.2. The van der Waals surface area contributed by atoms with Crippen molar-refractivity contribution in [1.29, 1.82) is 0 Å². The summed E-state index contributed by atoms with van der Waals surface area (Å²) in [7, 11) is 1.49. The van der Waals surface area contributed by atoms with Crippen LogP contribution in [0.1, 0.15) is 30.9 Å². The summed E-state index contributed by atoms with van der Waals surface area (Å²) < 4.78 is 6.99. The molecule has 3 aromatic heterocycles. The number of nitrogens with one attached hydrogen (secondary N) is 2. The number of carbonyl (C=O) groups excluding carboxylic acids is 2. The highest BCUT2D eigenvalue weighted by Crippen LogP contribution is 2.33. The lowest BCUT2D eigenvalue weighted by Gasteiger charge is -2.23. The van der Waals surface area contributed by atoms with Crippen molar-refractivity contribution in [3.05, 3.63) is 66.5 Å². The van der Waals surface area contributed by atoms with Crippen LogP contribution in [0.2, 0.25) is 0 Å². The Balaban J connectivity index is 1.24. The van der Waals surface area contributed by atoms with Gasteiger partial charge in [0.05, 0.1) is 31.6 Å². The monoisotopic (exact) mass is 499 g/mol. The first-order chi connectivity index (χ1) is 18.1. The molecule has 37 heavy (non-hydrogen) atoms. The van der Waals surface area contributed by atoms with Crippen molar-refractivity contribution in [1.82, 2.24) is 24.6 Å². The van der Waals surface area contributed by atoms with Gasteiger partial charge < -0.3 is 15.4 Å². The molecule has 1 unspecified atom stereocenters. The van der Waals surface area contributed by atoms with Crippen molar-refractivity contribution in [3.8, 4) is 17.1 Å². The molecule has 2 N–H and O–H groups in total. The maximum absolute atomic E-state index is 13.2. The molecular weight excluding hydrogens is 474 g/mol. The lowest BCUT2D eigenvalue weighted by atomic mass is 10.1. The van der Waals surface area contributed by atoms with Crippen molar-refractivity contribution in [2.45, 2.75) is 25.3 Å². The second kappa shape index (κ2) is 9.51. The van der Waals surface area contributed by atoms with Crippen LogP contribution in [0.15, 0.2) is 60.9 Å². The van der Waals surface area contributed by atoms with Crippen molar-refractivity contribution in [2.75, 3.05) is 24.4 Å². The summed E-state index contributed by atoms with van der Waals surface area (Å²) in [4.78, 5) is 39.7. The highest BCUT2D eigenvalue weighted by atomic mass is 16.7. The van der Waals surface area contributed by atoms with Crippen LogP contribution in [-0.4, -0.2) is 50.3 Å². The minimum atomic E-state index is -0.419. The summed E-state index contributed by atoms with van der Waals surface area (Å²) in [5.41, 5.74) is 3.26. The molecule has 3 amide bonds. The molecule has 11 nitrogen and oxygen atoms in total. The van der Waals surface area contributed by atoms with Gasteiger partial charge in [-0.05, 0) is 36.6 Å². The van der Waals surface area contributed by atoms with Crippen LogP contribution >= 0.6 is 0 Å². The number of hydrogen-bond donors (Lipinski definition) is 2. The van der Waals surface area contributed by atoms with Gasteiger partial charge in [-0.3, -0.25) is 9.63 Å². The van der Waals surface area contributed by atoms with E-state index in [9.17, 15) is 9.59 Å². The Hall–Kier alpha value is -4.51. The van der Waals surface area contributed by atoms with Crippen LogP contribution in [0.25, 0.3) is 16.9 Å². The highest BCUT2D eigenvalue weighted by Gasteiger charge is 2.32. The molecule has 0 radical (unpaired) electrons. The number of ether oxygens (including phenoxy) is 1. The second-order valence-corrected chi connectivity index (χ2v) is 9.00. The first-order valence-corrected chi connectivity index (χ1v) is 12.1. The molecular formula is C26H25N7O4. The fourth-order valence-corrected chi connectivity index (χ4v) is 4.33. The van der Waals surface area contributed by atoms with Crippen molar-refractivity contribution < 1.29 is 19.2 Å². The number of aromatic nitrogens is 4. The number of imidazole rings is 1. The standard InChI is InChI=1S/C26H25N7O4/c1-36-25-20(28-26(35)33-21(11-12-37-33)16-5-3-2-4-6-16)13-18(14-27-25)19-9-10-23-29-22(15-32(23)31-19)30-24(34)17-7-8-17/h2-6,9-10,13-15,17,21H,7-8,11-12H2,1H3,(H,28,35)(H,30,34). The van der Waals surface area contributed by atoms with Gasteiger partial charge in [0.1, 0.15) is 5.69 Å². The van der Waals surface area contributed by atoms with Gasteiger partial charge in [-0.2, -0.15) is 10.2 Å². The fraction of sp³-hybridized carbons (Fsp3) is 0.269. The highest BCUT2D eigenvalue weighted by molar-refractivity contribution is 5.93. The van der Waals surface area contributed by atoms with Gasteiger partial charge in [0, 0.05) is 24.1 Å². The molecule has 1 aliphatic carbocycles. The molecule has 11 heteroatoms. The van der Waals surface area contributed by atoms with Crippen LogP contribution in [0, 0.1) is 5.92 Å². The Morgan fingerprint density at radius 1 is 1.08 bits per heavy atom. The molecule has 0 bridgehead atoms. The Kier molecular flexibility index (Phi) is 5.89. The summed E-state index contributed by atoms with van der Waals surface area (Å²) >= 11 is 0. The number of nitrogens with zero attached hydrogens (tertiary/aromatic N) is 5. The third kappa shape index (κ3) is 4.68. The van der Waals surface area contributed by atoms with Gasteiger partial charge in [0.25, 0.3) is 0 Å². The van der Waals surface area contributed by atoms with Gasteiger partial charge in [-0.1, -0.05) is 30.3 Å². The third-order valence-electron chi connectivity index (χ3n) is 6.39. The van der Waals surface area contributed by atoms with E-state index in [0.29, 0.717) is 41.4 Å². The SMILES string of the molecule is COc1ncc(-c2ccc3nc(NC(=O)C4CC4)cn3n2)cc1NC(=O)N1OCCC1c1ccccc1. The van der Waals surface area contributed by atoms with Gasteiger partial charge in [-0.15, -0.1) is 0 Å². The van der Waals surface area contributed by atoms with Crippen LogP contribution < -0.4 is 15.4 Å². The number of amides is 3. The number of benzene rings is 1. The number of carbonyl (C=O) groups is 2. The molecule has 4 heterocycles. The number of hydroxylamine groups is 2. The second-order valence-electron chi connectivity index (χ2n) is 9.00. The summed E-state index contributed by atoms with van der Waals surface area (Å²) in [6.07, 6.45) is 5.83. The lowest BCUT2D eigenvalue weighted by molar-refractivity contribution is -0.117. The molecule has 1 aromatic carbocycles. The van der Waals surface area contributed by atoms with Gasteiger partial charge in [0.2, 0.25) is 11.8 Å². The predicted octanol–water partition coefficient (Wildman–Crippen LogP) is 4.06. The number of urea groups is 1. The summed E-state index contributed by atoms with van der Waals surface area (Å²) in [5, 5.41) is 11.7. The van der Waals surface area contributed by atoms with Crippen LogP contribution in [0.3, 0.4) is 0 Å². The predicted molar refractivity (Wildman–Crippen MR) is 135 cm³/mol. The topological polar surface area (TPSA) is 123 Å². The molecule has 2 fully saturated rings. The molecule has 0 spiro atoms. The Morgan fingerprint density at radius 2 is 1.92 bits per heavy atom. The van der Waals surface area contributed by atoms with E-state index in [1.807, 2.05) is 30.3 Å². The number of rotatable bonds is 6. The molecule has 1 saturated heterocycles. The third-order valence-corrected chi connectivity index (χ3v) is 6.39. The number of fused-ring (bicyclic) bond motifs is 1. The van der Waals surface area contributed by atoms with E-state index < -0.39 is 6.03 Å². The minimum absolute atomic E-state index is 0.0140. The van der Waals surface area contributed by atoms with E-state index in [-0.39, 0.29) is 23.7 Å². The molecule has 1 aliphatic heterocycles. The van der Waals surface area contributed by atoms with Gasteiger partial charge >= 0.3 is 6.03 Å². The van der Waals surface area contributed by atoms with Gasteiger partial charge in [-0.25, -0.2) is 19.3 Å². The van der Waals surface area contributed by atoms with E-state index in [4.69, 9.17) is 9.57 Å². The summed E-state index contributed by atoms with van der Waals surface area (Å²) in [6.45, 7) is 0.445. The largest absolute Gasteiger partial charge is 0.480 e. The Labute approximate surface area is 212 Å². The average molecular weight is 500 g/mol. The Morgan fingerprint density at radius 3 is 2.70 bits per heavy atom. The number of anilines is 2. The number of pyridine rings is 1. The first-order valence-electron chi connectivity index (χ1n) is 12.1. The smallest absolute Gasteiger partial charge is 0.346 e. The quantitative estimate of drug-likeness (QED) is 0.410. The van der Waals surface area contributed by atoms with Crippen molar-refractivity contribution >= 4 is 29.1 Å². The van der Waals surface area contributed by atoms with E-state index in [1.54, 1.807) is 35.1 Å². The number of methoxy groups -OCH3 is 1. The number of hydrogen-bond acceptors (Lipinski definition) is 7. The zero-order valence-corrected chi connectivity index (χ0v) is 20.1. The van der Waals surface area contributed by atoms with Crippen LogP contribution in [0.5, 0.6) is 5.88 Å². The molecule has 2 aliphatic rings. The van der Waals surface area contributed by atoms with Crippen molar-refractivity contribution in [3.63, 3.8) is 0 Å². The van der Waals surface area contributed by atoms with Crippen LogP contribution in [-0.2, 0) is 9.63 Å². The Bertz CT molecular complexity index is 1470. The minimum Gasteiger partial charge on any atom is -0.480 e. The molecule has 1 saturated carbocycles. The van der Waals surface area contributed by atoms with E-state index in [0.717, 1.165) is 18.4 Å². The zero-order chi connectivity index (χ0) is 25.4. The molecule has 1 atom stereocenters. The molecule has 4 aromatic rings. The van der Waals surface area contributed by atoms with Gasteiger partial charge in [0.15, 0.2) is 11.5 Å². The summed E-state index contributed by atoms with van der Waals surface area (Å²) in [5.74, 6) is 0.795. The van der Waals surface area contributed by atoms with Crippen LogP contribution in [0.4, 0.5) is 16.3 Å². The average Bonchev–Trinajstić information content (AvgIpc) is 3.52. The summed E-state index contributed by atoms with van der Waals surface area (Å²) in [6, 6.07) is 14.5. The molecule has 188 valence electrons. The van der Waals surface area contributed by atoms with E-state index in [2.05, 4.69) is 25.7 Å². The normalized spacial score (nSPS) is 17.1.